The van der Waals surface area contributed by atoms with E-state index in [1.165, 1.54) is 10.4 Å². The van der Waals surface area contributed by atoms with Crippen molar-refractivity contribution in [2.24, 2.45) is 0 Å². The topological polar surface area (TPSA) is 64.4 Å². The van der Waals surface area contributed by atoms with Gasteiger partial charge >= 0.3 is 0 Å². The third-order valence-corrected chi connectivity index (χ3v) is 5.67. The zero-order valence-corrected chi connectivity index (χ0v) is 12.6. The van der Waals surface area contributed by atoms with Gasteiger partial charge in [0.25, 0.3) is 0 Å². The van der Waals surface area contributed by atoms with Gasteiger partial charge in [-0.15, -0.1) is 0 Å². The molecule has 1 unspecified atom stereocenters. The molecule has 1 aromatic carbocycles. The second kappa shape index (κ2) is 5.92. The highest BCUT2D eigenvalue weighted by molar-refractivity contribution is 7.89. The van der Waals surface area contributed by atoms with E-state index in [2.05, 4.69) is 11.8 Å². The Labute approximate surface area is 120 Å². The van der Waals surface area contributed by atoms with Crippen LogP contribution in [-0.4, -0.2) is 50.3 Å². The van der Waals surface area contributed by atoms with Crippen LogP contribution in [-0.2, 0) is 10.0 Å². The monoisotopic (exact) mass is 293 g/mol. The van der Waals surface area contributed by atoms with Gasteiger partial charge in [-0.3, -0.25) is 0 Å². The van der Waals surface area contributed by atoms with Gasteiger partial charge in [-0.1, -0.05) is 13.0 Å². The zero-order chi connectivity index (χ0) is 14.8. The first kappa shape index (κ1) is 15.0. The van der Waals surface area contributed by atoms with E-state index in [4.69, 9.17) is 5.26 Å². The maximum absolute atomic E-state index is 12.6. The van der Waals surface area contributed by atoms with Crippen molar-refractivity contribution < 1.29 is 8.42 Å². The number of hydrogen-bond donors (Lipinski definition) is 0. The third kappa shape index (κ3) is 2.85. The van der Waals surface area contributed by atoms with E-state index in [-0.39, 0.29) is 10.9 Å². The Morgan fingerprint density at radius 1 is 1.40 bits per heavy atom. The lowest BCUT2D eigenvalue weighted by molar-refractivity contribution is 0.144. The van der Waals surface area contributed by atoms with E-state index >= 15 is 0 Å². The lowest BCUT2D eigenvalue weighted by atomic mass is 10.1. The van der Waals surface area contributed by atoms with Gasteiger partial charge in [-0.05, 0) is 31.7 Å². The van der Waals surface area contributed by atoms with Crippen LogP contribution in [0.5, 0.6) is 0 Å². The normalized spacial score (nSPS) is 21.6. The molecule has 6 heteroatoms. The van der Waals surface area contributed by atoms with Crippen LogP contribution < -0.4 is 0 Å². The summed E-state index contributed by atoms with van der Waals surface area (Å²) in [5.41, 5.74) is 0.368. The van der Waals surface area contributed by atoms with Gasteiger partial charge in [0.05, 0.1) is 16.5 Å². The van der Waals surface area contributed by atoms with Crippen LogP contribution in [0.15, 0.2) is 29.2 Å². The number of hydrogen-bond acceptors (Lipinski definition) is 4. The van der Waals surface area contributed by atoms with Crippen molar-refractivity contribution in [3.63, 3.8) is 0 Å². The zero-order valence-electron chi connectivity index (χ0n) is 11.8. The molecule has 0 aromatic heterocycles. The van der Waals surface area contributed by atoms with Crippen molar-refractivity contribution in [2.75, 3.05) is 26.7 Å². The quantitative estimate of drug-likeness (QED) is 0.842. The van der Waals surface area contributed by atoms with E-state index in [1.54, 1.807) is 18.2 Å². The first-order valence-electron chi connectivity index (χ1n) is 6.69. The number of benzene rings is 1. The molecule has 1 aromatic rings. The molecule has 0 saturated carbocycles. The number of rotatable bonds is 3. The van der Waals surface area contributed by atoms with E-state index < -0.39 is 10.0 Å². The molecule has 0 aliphatic carbocycles. The molecule has 1 atom stereocenters. The van der Waals surface area contributed by atoms with Gasteiger partial charge < -0.3 is 4.90 Å². The van der Waals surface area contributed by atoms with Crippen molar-refractivity contribution in [3.05, 3.63) is 29.8 Å². The largest absolute Gasteiger partial charge is 0.301 e. The van der Waals surface area contributed by atoms with Gasteiger partial charge in [0.15, 0.2) is 0 Å². The Bertz CT molecular complexity index is 622. The predicted octanol–water partition coefficient (Wildman–Crippen LogP) is 1.27. The Kier molecular flexibility index (Phi) is 4.43. The molecule has 2 rings (SSSR count). The number of likely N-dealkylation sites (N-methyl/N-ethyl adjacent to an activating group) is 1. The first-order valence-corrected chi connectivity index (χ1v) is 8.13. The van der Waals surface area contributed by atoms with Crippen LogP contribution in [0.1, 0.15) is 18.9 Å². The highest BCUT2D eigenvalue weighted by Gasteiger charge is 2.31. The van der Waals surface area contributed by atoms with Crippen molar-refractivity contribution in [2.45, 2.75) is 24.3 Å². The van der Waals surface area contributed by atoms with Crippen LogP contribution in [0.4, 0.5) is 0 Å². The third-order valence-electron chi connectivity index (χ3n) is 3.81. The summed E-state index contributed by atoms with van der Waals surface area (Å²) in [6.45, 7) is 3.79. The Morgan fingerprint density at radius 3 is 2.80 bits per heavy atom. The number of sulfonamides is 1. The average molecular weight is 293 g/mol. The van der Waals surface area contributed by atoms with Crippen LogP contribution in [0, 0.1) is 11.3 Å². The first-order chi connectivity index (χ1) is 9.48. The standard InChI is InChI=1S/C14H19N3O2S/c1-3-13-11-17(8-7-16(13)2)20(18,19)14-6-4-5-12(9-14)10-15/h4-6,9,13H,3,7-8,11H2,1-2H3. The van der Waals surface area contributed by atoms with Crippen molar-refractivity contribution >= 4 is 10.0 Å². The summed E-state index contributed by atoms with van der Waals surface area (Å²) in [5.74, 6) is 0. The minimum absolute atomic E-state index is 0.205. The van der Waals surface area contributed by atoms with Gasteiger partial charge in [0, 0.05) is 25.7 Å². The molecule has 1 saturated heterocycles. The van der Waals surface area contributed by atoms with Gasteiger partial charge in [-0.2, -0.15) is 9.57 Å². The lowest BCUT2D eigenvalue weighted by Gasteiger charge is -2.38. The van der Waals surface area contributed by atoms with Gasteiger partial charge in [0.2, 0.25) is 10.0 Å². The molecule has 1 fully saturated rings. The van der Waals surface area contributed by atoms with Crippen molar-refractivity contribution in [1.82, 2.24) is 9.21 Å². The molecule has 0 bridgehead atoms. The van der Waals surface area contributed by atoms with Crippen LogP contribution >= 0.6 is 0 Å². The molecule has 0 N–H and O–H groups in total. The molecule has 5 nitrogen and oxygen atoms in total. The highest BCUT2D eigenvalue weighted by Crippen LogP contribution is 2.21. The van der Waals surface area contributed by atoms with E-state index in [1.807, 2.05) is 13.1 Å². The van der Waals surface area contributed by atoms with E-state index in [0.29, 0.717) is 18.7 Å². The number of piperazine rings is 1. The Hall–Kier alpha value is -1.42. The predicted molar refractivity (Wildman–Crippen MR) is 76.6 cm³/mol. The summed E-state index contributed by atoms with van der Waals surface area (Å²) < 4.78 is 26.8. The van der Waals surface area contributed by atoms with Gasteiger partial charge in [0.1, 0.15) is 0 Å². The smallest absolute Gasteiger partial charge is 0.243 e. The van der Waals surface area contributed by atoms with Gasteiger partial charge in [-0.25, -0.2) is 8.42 Å². The molecule has 1 heterocycles. The molecule has 0 spiro atoms. The average Bonchev–Trinajstić information content (AvgIpc) is 2.47. The Balaban J connectivity index is 2.28. The molecule has 20 heavy (non-hydrogen) atoms. The maximum Gasteiger partial charge on any atom is 0.243 e. The second-order valence-electron chi connectivity index (χ2n) is 5.05. The summed E-state index contributed by atoms with van der Waals surface area (Å²) in [7, 11) is -1.48. The van der Waals surface area contributed by atoms with Crippen LogP contribution in [0.25, 0.3) is 0 Å². The maximum atomic E-state index is 12.6. The summed E-state index contributed by atoms with van der Waals surface area (Å²) in [6.07, 6.45) is 0.917. The molecule has 0 amide bonds. The van der Waals surface area contributed by atoms with Crippen LogP contribution in [0.2, 0.25) is 0 Å². The summed E-state index contributed by atoms with van der Waals surface area (Å²) in [4.78, 5) is 2.40. The molecule has 1 aliphatic rings. The minimum Gasteiger partial charge on any atom is -0.301 e. The summed E-state index contributed by atoms with van der Waals surface area (Å²) >= 11 is 0. The van der Waals surface area contributed by atoms with E-state index in [9.17, 15) is 8.42 Å². The molecule has 0 radical (unpaired) electrons. The summed E-state index contributed by atoms with van der Waals surface area (Å²) in [6, 6.07) is 8.44. The molecule has 108 valence electrons. The Morgan fingerprint density at radius 2 is 2.15 bits per heavy atom. The fraction of sp³-hybridized carbons (Fsp3) is 0.500. The summed E-state index contributed by atoms with van der Waals surface area (Å²) in [5, 5.41) is 8.89. The second-order valence-corrected chi connectivity index (χ2v) is 6.98. The fourth-order valence-corrected chi connectivity index (χ4v) is 3.97. The molecule has 1 aliphatic heterocycles. The SMILES string of the molecule is CCC1CN(S(=O)(=O)c2cccc(C#N)c2)CCN1C. The number of nitrogens with zero attached hydrogens (tertiary/aromatic N) is 3. The molecular weight excluding hydrogens is 274 g/mol. The fourth-order valence-electron chi connectivity index (χ4n) is 2.45. The van der Waals surface area contributed by atoms with Crippen molar-refractivity contribution in [3.8, 4) is 6.07 Å². The molecular formula is C14H19N3O2S. The lowest BCUT2D eigenvalue weighted by Crippen LogP contribution is -2.52. The minimum atomic E-state index is -3.51. The van der Waals surface area contributed by atoms with Crippen LogP contribution in [0.3, 0.4) is 0 Å². The van der Waals surface area contributed by atoms with Crippen molar-refractivity contribution in [1.29, 1.82) is 5.26 Å². The highest BCUT2D eigenvalue weighted by atomic mass is 32.2. The number of nitriles is 1. The van der Waals surface area contributed by atoms with E-state index in [0.717, 1.165) is 13.0 Å².